The molecule has 112 valence electrons. The quantitative estimate of drug-likeness (QED) is 0.812. The summed E-state index contributed by atoms with van der Waals surface area (Å²) in [5.74, 6) is 0. The summed E-state index contributed by atoms with van der Waals surface area (Å²) in [5, 5.41) is 0. The lowest BCUT2D eigenvalue weighted by Gasteiger charge is -2.19. The number of hydrogen-bond acceptors (Lipinski definition) is 3. The fourth-order valence-corrected chi connectivity index (χ4v) is 4.97. The van der Waals surface area contributed by atoms with Crippen LogP contribution in [0.3, 0.4) is 0 Å². The zero-order valence-electron chi connectivity index (χ0n) is 12.0. The van der Waals surface area contributed by atoms with Crippen LogP contribution in [-0.2, 0) is 10.0 Å². The average molecular weight is 361 g/mol. The van der Waals surface area contributed by atoms with Gasteiger partial charge in [0.25, 0.3) is 0 Å². The molecule has 0 spiro atoms. The summed E-state index contributed by atoms with van der Waals surface area (Å²) in [7, 11) is -3.53. The number of sulfonamides is 1. The van der Waals surface area contributed by atoms with Gasteiger partial charge in [0.1, 0.15) is 0 Å². The predicted molar refractivity (Wildman–Crippen MR) is 85.0 cm³/mol. The monoisotopic (exact) mass is 360 g/mol. The van der Waals surface area contributed by atoms with E-state index in [0.717, 1.165) is 19.3 Å². The van der Waals surface area contributed by atoms with Crippen molar-refractivity contribution in [2.45, 2.75) is 51.0 Å². The van der Waals surface area contributed by atoms with Crippen LogP contribution in [0.1, 0.15) is 38.7 Å². The van der Waals surface area contributed by atoms with Crippen LogP contribution in [0.25, 0.3) is 0 Å². The number of anilines is 1. The second kappa shape index (κ2) is 5.31. The van der Waals surface area contributed by atoms with Gasteiger partial charge in [0.05, 0.1) is 4.90 Å². The molecular weight excluding hydrogens is 340 g/mol. The van der Waals surface area contributed by atoms with Gasteiger partial charge in [-0.05, 0) is 49.3 Å². The van der Waals surface area contributed by atoms with Gasteiger partial charge in [0.2, 0.25) is 10.0 Å². The van der Waals surface area contributed by atoms with E-state index < -0.39 is 10.0 Å². The number of hydrogen-bond donors (Lipinski definition) is 2. The summed E-state index contributed by atoms with van der Waals surface area (Å²) in [5.41, 5.74) is 7.13. The third kappa shape index (κ3) is 3.35. The minimum atomic E-state index is -3.53. The molecule has 1 aliphatic rings. The maximum Gasteiger partial charge on any atom is 0.241 e. The topological polar surface area (TPSA) is 72.2 Å². The van der Waals surface area contributed by atoms with E-state index >= 15 is 0 Å². The predicted octanol–water partition coefficient (Wildman–Crippen LogP) is 3.20. The molecule has 3 N–H and O–H groups in total. The Labute approximate surface area is 129 Å². The van der Waals surface area contributed by atoms with Crippen LogP contribution in [0.4, 0.5) is 5.69 Å². The van der Waals surface area contributed by atoms with E-state index in [-0.39, 0.29) is 16.4 Å². The molecule has 1 aliphatic carbocycles. The minimum Gasteiger partial charge on any atom is -0.398 e. The summed E-state index contributed by atoms with van der Waals surface area (Å²) in [6, 6.07) is 3.33. The van der Waals surface area contributed by atoms with Gasteiger partial charge in [-0.3, -0.25) is 0 Å². The lowest BCUT2D eigenvalue weighted by atomic mass is 9.92. The van der Waals surface area contributed by atoms with E-state index in [1.807, 2.05) is 0 Å². The highest BCUT2D eigenvalue weighted by atomic mass is 79.9. The molecule has 1 atom stereocenters. The van der Waals surface area contributed by atoms with Gasteiger partial charge in [0.15, 0.2) is 0 Å². The molecule has 20 heavy (non-hydrogen) atoms. The van der Waals surface area contributed by atoms with Crippen molar-refractivity contribution in [3.63, 3.8) is 0 Å². The first-order valence-electron chi connectivity index (χ1n) is 6.69. The summed E-state index contributed by atoms with van der Waals surface area (Å²) < 4.78 is 28.6. The third-order valence-electron chi connectivity index (χ3n) is 3.94. The van der Waals surface area contributed by atoms with Gasteiger partial charge in [-0.25, -0.2) is 13.1 Å². The largest absolute Gasteiger partial charge is 0.398 e. The van der Waals surface area contributed by atoms with Gasteiger partial charge in [-0.1, -0.05) is 29.8 Å². The first-order valence-corrected chi connectivity index (χ1v) is 8.96. The number of nitrogens with one attached hydrogen (secondary N) is 1. The van der Waals surface area contributed by atoms with Crippen LogP contribution in [0.15, 0.2) is 21.5 Å². The molecule has 4 nitrogen and oxygen atoms in total. The van der Waals surface area contributed by atoms with Crippen LogP contribution in [0.5, 0.6) is 0 Å². The molecule has 1 aromatic rings. The molecular formula is C14H21BrN2O2S. The SMILES string of the molecule is Cc1c(N)cc(Br)cc1S(=O)(=O)NC1CCC(C)(C)C1. The molecule has 0 bridgehead atoms. The van der Waals surface area contributed by atoms with Crippen molar-refractivity contribution in [2.24, 2.45) is 5.41 Å². The highest BCUT2D eigenvalue weighted by molar-refractivity contribution is 9.10. The molecule has 6 heteroatoms. The Kier molecular flexibility index (Phi) is 4.19. The summed E-state index contributed by atoms with van der Waals surface area (Å²) in [6.45, 7) is 6.07. The Hall–Kier alpha value is -0.590. The first-order chi connectivity index (χ1) is 9.11. The molecule has 1 unspecified atom stereocenters. The number of nitrogens with two attached hydrogens (primary N) is 1. The van der Waals surface area contributed by atoms with Crippen molar-refractivity contribution in [2.75, 3.05) is 5.73 Å². The molecule has 1 fully saturated rings. The number of benzene rings is 1. The summed E-state index contributed by atoms with van der Waals surface area (Å²) >= 11 is 3.30. The zero-order chi connectivity index (χ0) is 15.1. The Morgan fingerprint density at radius 2 is 2.05 bits per heavy atom. The molecule has 0 amide bonds. The lowest BCUT2D eigenvalue weighted by Crippen LogP contribution is -2.34. The van der Waals surface area contributed by atoms with Crippen molar-refractivity contribution in [1.82, 2.24) is 4.72 Å². The fraction of sp³-hybridized carbons (Fsp3) is 0.571. The lowest BCUT2D eigenvalue weighted by molar-refractivity contribution is 0.372. The van der Waals surface area contributed by atoms with Crippen LogP contribution >= 0.6 is 15.9 Å². The van der Waals surface area contributed by atoms with Gasteiger partial charge >= 0.3 is 0 Å². The van der Waals surface area contributed by atoms with Crippen molar-refractivity contribution in [3.05, 3.63) is 22.2 Å². The highest BCUT2D eigenvalue weighted by Gasteiger charge is 2.34. The second-order valence-corrected chi connectivity index (χ2v) is 8.94. The first kappa shape index (κ1) is 15.8. The fourth-order valence-electron chi connectivity index (χ4n) is 2.77. The maximum atomic E-state index is 12.5. The van der Waals surface area contributed by atoms with E-state index in [4.69, 9.17) is 5.73 Å². The van der Waals surface area contributed by atoms with E-state index in [1.54, 1.807) is 19.1 Å². The van der Waals surface area contributed by atoms with Crippen molar-refractivity contribution in [1.29, 1.82) is 0 Å². The summed E-state index contributed by atoms with van der Waals surface area (Å²) in [6.07, 6.45) is 2.79. The molecule has 2 rings (SSSR count). The zero-order valence-corrected chi connectivity index (χ0v) is 14.4. The van der Waals surface area contributed by atoms with Gasteiger partial charge < -0.3 is 5.73 Å². The Morgan fingerprint density at radius 3 is 2.60 bits per heavy atom. The van der Waals surface area contributed by atoms with Gasteiger partial charge in [-0.15, -0.1) is 0 Å². The van der Waals surface area contributed by atoms with Crippen molar-refractivity contribution in [3.8, 4) is 0 Å². The van der Waals surface area contributed by atoms with E-state index in [0.29, 0.717) is 15.7 Å². The summed E-state index contributed by atoms with van der Waals surface area (Å²) in [4.78, 5) is 0.258. The molecule has 0 aromatic heterocycles. The number of halogens is 1. The van der Waals surface area contributed by atoms with Crippen LogP contribution in [-0.4, -0.2) is 14.5 Å². The normalized spacial score (nSPS) is 22.1. The molecule has 0 radical (unpaired) electrons. The van der Waals surface area contributed by atoms with Gasteiger partial charge in [-0.2, -0.15) is 0 Å². The van der Waals surface area contributed by atoms with E-state index in [1.165, 1.54) is 0 Å². The van der Waals surface area contributed by atoms with E-state index in [2.05, 4.69) is 34.5 Å². The maximum absolute atomic E-state index is 12.5. The van der Waals surface area contributed by atoms with Gasteiger partial charge in [0, 0.05) is 16.2 Å². The Bertz CT molecular complexity index is 626. The molecule has 0 heterocycles. The molecule has 1 saturated carbocycles. The average Bonchev–Trinajstić information content (AvgIpc) is 2.62. The standard InChI is InChI=1S/C14H21BrN2O2S/c1-9-12(16)6-10(15)7-13(9)20(18,19)17-11-4-5-14(2,3)8-11/h6-7,11,17H,4-5,8,16H2,1-3H3. The van der Waals surface area contributed by atoms with E-state index in [9.17, 15) is 8.42 Å². The van der Waals surface area contributed by atoms with Crippen molar-refractivity contribution >= 4 is 31.6 Å². The Morgan fingerprint density at radius 1 is 1.40 bits per heavy atom. The third-order valence-corrected chi connectivity index (χ3v) is 6.05. The van der Waals surface area contributed by atoms with Crippen LogP contribution < -0.4 is 10.5 Å². The van der Waals surface area contributed by atoms with Crippen molar-refractivity contribution < 1.29 is 8.42 Å². The molecule has 0 saturated heterocycles. The van der Waals surface area contributed by atoms with Crippen LogP contribution in [0, 0.1) is 12.3 Å². The number of nitrogen functional groups attached to an aromatic ring is 1. The smallest absolute Gasteiger partial charge is 0.241 e. The Balaban J connectivity index is 2.28. The second-order valence-electron chi connectivity index (χ2n) is 6.34. The number of rotatable bonds is 3. The van der Waals surface area contributed by atoms with Crippen LogP contribution in [0.2, 0.25) is 0 Å². The molecule has 1 aromatic carbocycles. The highest BCUT2D eigenvalue weighted by Crippen LogP contribution is 2.37. The minimum absolute atomic E-state index is 0.00889. The molecule has 0 aliphatic heterocycles.